The van der Waals surface area contributed by atoms with Gasteiger partial charge in [-0.1, -0.05) is 19.3 Å². The van der Waals surface area contributed by atoms with E-state index in [2.05, 4.69) is 5.32 Å². The molecular weight excluding hydrogens is 294 g/mol. The fourth-order valence-electron chi connectivity index (χ4n) is 3.14. The van der Waals surface area contributed by atoms with Gasteiger partial charge < -0.3 is 19.9 Å². The van der Waals surface area contributed by atoms with Gasteiger partial charge >= 0.3 is 12.1 Å². The summed E-state index contributed by atoms with van der Waals surface area (Å²) in [6, 6.07) is 0.337. The molecule has 0 unspecified atom stereocenters. The second-order valence-electron chi connectivity index (χ2n) is 7.59. The number of nitrogens with one attached hydrogen (secondary N) is 1. The van der Waals surface area contributed by atoms with Gasteiger partial charge in [0.15, 0.2) is 0 Å². The fraction of sp³-hybridized carbons (Fsp3) is 0.882. The molecule has 0 aromatic rings. The van der Waals surface area contributed by atoms with Crippen molar-refractivity contribution in [1.82, 2.24) is 15.1 Å². The minimum absolute atomic E-state index is 0.0166. The lowest BCUT2D eigenvalue weighted by Crippen LogP contribution is -2.47. The first-order valence-corrected chi connectivity index (χ1v) is 8.88. The molecule has 0 aromatic carbocycles. The van der Waals surface area contributed by atoms with Crippen LogP contribution in [-0.2, 0) is 4.74 Å². The first-order chi connectivity index (χ1) is 10.8. The first kappa shape index (κ1) is 17.9. The normalized spacial score (nSPS) is 20.8. The quantitative estimate of drug-likeness (QED) is 0.806. The standard InChI is InChI=1S/C17H31N3O3/c1-17(2,3)23-16(22)20-11-7-10-19(12-13-20)15(21)18-14-8-5-4-6-9-14/h14H,4-13H2,1-3H3,(H,18,21). The van der Waals surface area contributed by atoms with Crippen LogP contribution in [0.4, 0.5) is 9.59 Å². The largest absolute Gasteiger partial charge is 0.444 e. The van der Waals surface area contributed by atoms with E-state index in [4.69, 9.17) is 4.74 Å². The Bertz CT molecular complexity index is 414. The van der Waals surface area contributed by atoms with Crippen molar-refractivity contribution in [3.63, 3.8) is 0 Å². The summed E-state index contributed by atoms with van der Waals surface area (Å²) in [7, 11) is 0. The van der Waals surface area contributed by atoms with E-state index in [1.54, 1.807) is 4.90 Å². The Hall–Kier alpha value is -1.46. The molecular formula is C17H31N3O3. The van der Waals surface area contributed by atoms with Gasteiger partial charge in [-0.15, -0.1) is 0 Å². The lowest BCUT2D eigenvalue weighted by Gasteiger charge is -2.28. The summed E-state index contributed by atoms with van der Waals surface area (Å²) < 4.78 is 5.42. The fourth-order valence-corrected chi connectivity index (χ4v) is 3.14. The Labute approximate surface area is 139 Å². The van der Waals surface area contributed by atoms with Gasteiger partial charge in [0.25, 0.3) is 0 Å². The number of hydrogen-bond donors (Lipinski definition) is 1. The van der Waals surface area contributed by atoms with Crippen LogP contribution >= 0.6 is 0 Å². The van der Waals surface area contributed by atoms with Gasteiger partial charge in [-0.25, -0.2) is 9.59 Å². The van der Waals surface area contributed by atoms with E-state index in [1.165, 1.54) is 19.3 Å². The van der Waals surface area contributed by atoms with Crippen LogP contribution in [0.25, 0.3) is 0 Å². The highest BCUT2D eigenvalue weighted by Crippen LogP contribution is 2.18. The molecule has 6 heteroatoms. The zero-order valence-electron chi connectivity index (χ0n) is 14.8. The molecule has 6 nitrogen and oxygen atoms in total. The van der Waals surface area contributed by atoms with E-state index in [0.717, 1.165) is 19.3 Å². The Morgan fingerprint density at radius 2 is 1.52 bits per heavy atom. The molecule has 1 saturated carbocycles. The van der Waals surface area contributed by atoms with E-state index in [0.29, 0.717) is 32.2 Å². The Morgan fingerprint density at radius 1 is 0.913 bits per heavy atom. The van der Waals surface area contributed by atoms with E-state index < -0.39 is 5.60 Å². The van der Waals surface area contributed by atoms with E-state index in [9.17, 15) is 9.59 Å². The predicted molar refractivity (Wildman–Crippen MR) is 89.4 cm³/mol. The lowest BCUT2D eigenvalue weighted by atomic mass is 9.96. The number of amides is 3. The Balaban J connectivity index is 1.80. The molecule has 1 saturated heterocycles. The van der Waals surface area contributed by atoms with E-state index in [1.807, 2.05) is 25.7 Å². The number of rotatable bonds is 1. The van der Waals surface area contributed by atoms with Gasteiger partial charge in [0.05, 0.1) is 0 Å². The average Bonchev–Trinajstić information content (AvgIpc) is 2.72. The van der Waals surface area contributed by atoms with Crippen molar-refractivity contribution in [2.24, 2.45) is 0 Å². The number of urea groups is 1. The molecule has 1 aliphatic heterocycles. The van der Waals surface area contributed by atoms with Crippen LogP contribution in [0, 0.1) is 0 Å². The summed E-state index contributed by atoms with van der Waals surface area (Å²) in [6.07, 6.45) is 6.37. The third kappa shape index (κ3) is 5.92. The molecule has 132 valence electrons. The minimum atomic E-state index is -0.485. The molecule has 2 aliphatic rings. The molecule has 1 aliphatic carbocycles. The summed E-state index contributed by atoms with van der Waals surface area (Å²) >= 11 is 0. The van der Waals surface area contributed by atoms with Crippen molar-refractivity contribution in [1.29, 1.82) is 0 Å². The third-order valence-electron chi connectivity index (χ3n) is 4.37. The zero-order chi connectivity index (χ0) is 16.9. The van der Waals surface area contributed by atoms with E-state index in [-0.39, 0.29) is 12.1 Å². The topological polar surface area (TPSA) is 61.9 Å². The maximum absolute atomic E-state index is 12.4. The zero-order valence-corrected chi connectivity index (χ0v) is 14.8. The van der Waals surface area contributed by atoms with Crippen LogP contribution < -0.4 is 5.32 Å². The molecule has 0 atom stereocenters. The predicted octanol–water partition coefficient (Wildman–Crippen LogP) is 2.97. The van der Waals surface area contributed by atoms with Gasteiger partial charge in [-0.2, -0.15) is 0 Å². The van der Waals surface area contributed by atoms with Crippen LogP contribution in [0.2, 0.25) is 0 Å². The first-order valence-electron chi connectivity index (χ1n) is 8.88. The van der Waals surface area contributed by atoms with Crippen molar-refractivity contribution in [3.8, 4) is 0 Å². The monoisotopic (exact) mass is 325 g/mol. The molecule has 2 fully saturated rings. The molecule has 1 N–H and O–H groups in total. The number of carbonyl (C=O) groups excluding carboxylic acids is 2. The number of carbonyl (C=O) groups is 2. The average molecular weight is 325 g/mol. The summed E-state index contributed by atoms with van der Waals surface area (Å²) in [4.78, 5) is 28.1. The maximum atomic E-state index is 12.4. The highest BCUT2D eigenvalue weighted by Gasteiger charge is 2.26. The molecule has 23 heavy (non-hydrogen) atoms. The summed E-state index contributed by atoms with van der Waals surface area (Å²) in [5.41, 5.74) is -0.485. The maximum Gasteiger partial charge on any atom is 0.410 e. The molecule has 0 radical (unpaired) electrons. The second kappa shape index (κ2) is 7.88. The van der Waals surface area contributed by atoms with Gasteiger partial charge in [0, 0.05) is 32.2 Å². The van der Waals surface area contributed by atoms with Crippen LogP contribution in [0.5, 0.6) is 0 Å². The minimum Gasteiger partial charge on any atom is -0.444 e. The van der Waals surface area contributed by atoms with Crippen LogP contribution in [-0.4, -0.2) is 59.7 Å². The van der Waals surface area contributed by atoms with Crippen molar-refractivity contribution >= 4 is 12.1 Å². The van der Waals surface area contributed by atoms with Crippen LogP contribution in [0.1, 0.15) is 59.3 Å². The van der Waals surface area contributed by atoms with Gasteiger partial charge in [0.2, 0.25) is 0 Å². The summed E-state index contributed by atoms with van der Waals surface area (Å²) in [5.74, 6) is 0. The third-order valence-corrected chi connectivity index (χ3v) is 4.37. The summed E-state index contributed by atoms with van der Waals surface area (Å²) in [6.45, 7) is 8.04. The van der Waals surface area contributed by atoms with Crippen LogP contribution in [0.15, 0.2) is 0 Å². The van der Waals surface area contributed by atoms with Crippen molar-refractivity contribution in [2.45, 2.75) is 70.9 Å². The molecule has 0 aromatic heterocycles. The van der Waals surface area contributed by atoms with Gasteiger partial charge in [-0.05, 0) is 40.0 Å². The van der Waals surface area contributed by atoms with E-state index >= 15 is 0 Å². The highest BCUT2D eigenvalue weighted by atomic mass is 16.6. The molecule has 3 amide bonds. The van der Waals surface area contributed by atoms with Crippen molar-refractivity contribution in [2.75, 3.05) is 26.2 Å². The molecule has 2 rings (SSSR count). The second-order valence-corrected chi connectivity index (χ2v) is 7.59. The SMILES string of the molecule is CC(C)(C)OC(=O)N1CCCN(C(=O)NC2CCCCC2)CC1. The molecule has 0 bridgehead atoms. The van der Waals surface area contributed by atoms with Crippen molar-refractivity contribution in [3.05, 3.63) is 0 Å². The molecule has 1 heterocycles. The highest BCUT2D eigenvalue weighted by molar-refractivity contribution is 5.75. The van der Waals surface area contributed by atoms with Gasteiger partial charge in [0.1, 0.15) is 5.60 Å². The summed E-state index contributed by atoms with van der Waals surface area (Å²) in [5, 5.41) is 3.15. The van der Waals surface area contributed by atoms with Crippen LogP contribution in [0.3, 0.4) is 0 Å². The molecule has 0 spiro atoms. The number of ether oxygens (including phenoxy) is 1. The lowest BCUT2D eigenvalue weighted by molar-refractivity contribution is 0.0258. The number of hydrogen-bond acceptors (Lipinski definition) is 3. The number of nitrogens with zero attached hydrogens (tertiary/aromatic N) is 2. The van der Waals surface area contributed by atoms with Gasteiger partial charge in [-0.3, -0.25) is 0 Å². The Kier molecular flexibility index (Phi) is 6.13. The van der Waals surface area contributed by atoms with Crippen molar-refractivity contribution < 1.29 is 14.3 Å². The smallest absolute Gasteiger partial charge is 0.410 e. The Morgan fingerprint density at radius 3 is 2.17 bits per heavy atom.